The number of halogens is 1. The van der Waals surface area contributed by atoms with Crippen LogP contribution < -0.4 is 0 Å². The third-order valence-electron chi connectivity index (χ3n) is 3.99. The molecule has 4 heteroatoms. The molecular weight excluding hydrogens is 329 g/mol. The van der Waals surface area contributed by atoms with Crippen molar-refractivity contribution < 1.29 is 13.6 Å². The lowest BCUT2D eigenvalue weighted by molar-refractivity contribution is 0.105. The third-order valence-corrected chi connectivity index (χ3v) is 3.99. The Morgan fingerprint density at radius 2 is 1.58 bits per heavy atom. The summed E-state index contributed by atoms with van der Waals surface area (Å²) < 4.78 is 19.0. The molecule has 0 atom stereocenters. The van der Waals surface area contributed by atoms with Gasteiger partial charge in [-0.3, -0.25) is 4.79 Å². The summed E-state index contributed by atoms with van der Waals surface area (Å²) in [5, 5.41) is 0. The van der Waals surface area contributed by atoms with E-state index >= 15 is 0 Å². The predicted octanol–water partition coefficient (Wildman–Crippen LogP) is 5.39. The zero-order chi connectivity index (χ0) is 17.9. The van der Waals surface area contributed by atoms with Crippen LogP contribution in [0.25, 0.3) is 22.7 Å². The Morgan fingerprint density at radius 3 is 2.31 bits per heavy atom. The van der Waals surface area contributed by atoms with Gasteiger partial charge in [-0.25, -0.2) is 9.37 Å². The molecule has 26 heavy (non-hydrogen) atoms. The molecule has 126 valence electrons. The van der Waals surface area contributed by atoms with E-state index in [1.165, 1.54) is 12.1 Å². The minimum absolute atomic E-state index is 0.207. The van der Waals surface area contributed by atoms with Gasteiger partial charge >= 0.3 is 0 Å². The molecule has 0 bridgehead atoms. The molecule has 0 aliphatic heterocycles. The topological polar surface area (TPSA) is 43.1 Å². The second kappa shape index (κ2) is 6.76. The molecule has 4 rings (SSSR count). The number of nitrogens with zero attached hydrogens (tertiary/aromatic N) is 1. The minimum atomic E-state index is -0.333. The van der Waals surface area contributed by atoms with Crippen LogP contribution in [0.5, 0.6) is 0 Å². The van der Waals surface area contributed by atoms with Crippen molar-refractivity contribution >= 4 is 28.5 Å². The van der Waals surface area contributed by atoms with Crippen molar-refractivity contribution in [2.75, 3.05) is 0 Å². The van der Waals surface area contributed by atoms with E-state index in [-0.39, 0.29) is 17.5 Å². The molecule has 0 aliphatic rings. The third kappa shape index (κ3) is 3.17. The number of carbonyl (C=O) groups excluding carboxylic acids is 1. The summed E-state index contributed by atoms with van der Waals surface area (Å²) in [6.45, 7) is 0. The Hall–Kier alpha value is -3.53. The van der Waals surface area contributed by atoms with Crippen molar-refractivity contribution in [1.29, 1.82) is 0 Å². The Labute approximate surface area is 149 Å². The van der Waals surface area contributed by atoms with E-state index in [2.05, 4.69) is 4.98 Å². The lowest BCUT2D eigenvalue weighted by atomic mass is 10.0. The summed E-state index contributed by atoms with van der Waals surface area (Å²) >= 11 is 0. The Morgan fingerprint density at radius 1 is 0.885 bits per heavy atom. The highest BCUT2D eigenvalue weighted by Crippen LogP contribution is 2.26. The van der Waals surface area contributed by atoms with Crippen molar-refractivity contribution in [3.63, 3.8) is 0 Å². The van der Waals surface area contributed by atoms with E-state index in [9.17, 15) is 9.18 Å². The number of oxazole rings is 1. The molecule has 0 unspecified atom stereocenters. The highest BCUT2D eigenvalue weighted by atomic mass is 19.1. The number of allylic oxidation sites excluding steroid dienone is 1. The van der Waals surface area contributed by atoms with Gasteiger partial charge in [0.05, 0.1) is 5.57 Å². The van der Waals surface area contributed by atoms with E-state index in [1.807, 2.05) is 24.3 Å². The first-order chi connectivity index (χ1) is 12.7. The summed E-state index contributed by atoms with van der Waals surface area (Å²) in [6, 6.07) is 22.2. The molecule has 0 saturated heterocycles. The molecule has 3 nitrogen and oxygen atoms in total. The fourth-order valence-corrected chi connectivity index (χ4v) is 2.68. The number of carbonyl (C=O) groups is 1. The van der Waals surface area contributed by atoms with Crippen LogP contribution in [0, 0.1) is 5.82 Å². The predicted molar refractivity (Wildman–Crippen MR) is 99.1 cm³/mol. The van der Waals surface area contributed by atoms with Crippen LogP contribution in [0.1, 0.15) is 21.8 Å². The number of rotatable bonds is 4. The van der Waals surface area contributed by atoms with E-state index in [4.69, 9.17) is 4.42 Å². The number of benzene rings is 3. The van der Waals surface area contributed by atoms with Crippen LogP contribution >= 0.6 is 0 Å². The van der Waals surface area contributed by atoms with E-state index < -0.39 is 0 Å². The molecule has 3 aromatic carbocycles. The molecule has 1 aromatic heterocycles. The van der Waals surface area contributed by atoms with Gasteiger partial charge in [0.15, 0.2) is 11.4 Å². The van der Waals surface area contributed by atoms with Gasteiger partial charge in [0.1, 0.15) is 11.3 Å². The average molecular weight is 343 g/mol. The number of Topliss-reactive ketones (excluding diaryl/α,β-unsaturated/α-hetero) is 1. The van der Waals surface area contributed by atoms with Crippen molar-refractivity contribution in [3.8, 4) is 0 Å². The molecular formula is C22H14FNO2. The SMILES string of the molecule is O=C(C(=Cc1ccc(F)cc1)c1nc2ccccc2o1)c1ccccc1. The summed E-state index contributed by atoms with van der Waals surface area (Å²) in [7, 11) is 0. The number of ketones is 1. The zero-order valence-electron chi connectivity index (χ0n) is 13.7. The first kappa shape index (κ1) is 16.0. The van der Waals surface area contributed by atoms with Gasteiger partial charge in [0.2, 0.25) is 5.89 Å². The maximum atomic E-state index is 13.2. The fraction of sp³-hybridized carbons (Fsp3) is 0. The maximum absolute atomic E-state index is 13.2. The minimum Gasteiger partial charge on any atom is -0.436 e. The van der Waals surface area contributed by atoms with Gasteiger partial charge in [-0.2, -0.15) is 0 Å². The summed E-state index contributed by atoms with van der Waals surface area (Å²) in [5.74, 6) is -0.300. The largest absolute Gasteiger partial charge is 0.436 e. The maximum Gasteiger partial charge on any atom is 0.231 e. The summed E-state index contributed by atoms with van der Waals surface area (Å²) in [4.78, 5) is 17.5. The molecule has 1 heterocycles. The Kier molecular flexibility index (Phi) is 4.15. The van der Waals surface area contributed by atoms with Crippen LogP contribution in [0.3, 0.4) is 0 Å². The average Bonchev–Trinajstić information content (AvgIpc) is 3.11. The molecule has 0 radical (unpaired) electrons. The Balaban J connectivity index is 1.85. The summed E-state index contributed by atoms with van der Waals surface area (Å²) in [6.07, 6.45) is 1.67. The highest BCUT2D eigenvalue weighted by molar-refractivity contribution is 6.31. The van der Waals surface area contributed by atoms with Crippen LogP contribution in [-0.2, 0) is 0 Å². The number of hydrogen-bond donors (Lipinski definition) is 0. The molecule has 0 amide bonds. The second-order valence-electron chi connectivity index (χ2n) is 5.79. The molecule has 4 aromatic rings. The number of aromatic nitrogens is 1. The standard InChI is InChI=1S/C22H14FNO2/c23-17-12-10-15(11-13-17)14-18(21(25)16-6-2-1-3-7-16)22-24-19-8-4-5-9-20(19)26-22/h1-14H. The zero-order valence-corrected chi connectivity index (χ0v) is 13.7. The Bertz CT molecular complexity index is 1060. The number of hydrogen-bond acceptors (Lipinski definition) is 3. The van der Waals surface area contributed by atoms with Crippen molar-refractivity contribution in [3.05, 3.63) is 102 Å². The fourth-order valence-electron chi connectivity index (χ4n) is 2.68. The molecule has 0 N–H and O–H groups in total. The first-order valence-corrected chi connectivity index (χ1v) is 8.14. The number of fused-ring (bicyclic) bond motifs is 1. The van der Waals surface area contributed by atoms with E-state index in [0.29, 0.717) is 27.8 Å². The monoisotopic (exact) mass is 343 g/mol. The molecule has 0 spiro atoms. The van der Waals surface area contributed by atoms with Crippen molar-refractivity contribution in [2.45, 2.75) is 0 Å². The molecule has 0 fully saturated rings. The van der Waals surface area contributed by atoms with Crippen LogP contribution in [0.4, 0.5) is 4.39 Å². The van der Waals surface area contributed by atoms with E-state index in [0.717, 1.165) is 0 Å². The van der Waals surface area contributed by atoms with Crippen LogP contribution in [0.15, 0.2) is 83.3 Å². The smallest absolute Gasteiger partial charge is 0.231 e. The summed E-state index contributed by atoms with van der Waals surface area (Å²) in [5.41, 5.74) is 2.82. The van der Waals surface area contributed by atoms with Gasteiger partial charge in [0.25, 0.3) is 0 Å². The first-order valence-electron chi connectivity index (χ1n) is 8.14. The van der Waals surface area contributed by atoms with Gasteiger partial charge < -0.3 is 4.42 Å². The number of para-hydroxylation sites is 2. The van der Waals surface area contributed by atoms with Crippen LogP contribution in [0.2, 0.25) is 0 Å². The van der Waals surface area contributed by atoms with Crippen molar-refractivity contribution in [2.24, 2.45) is 0 Å². The lowest BCUT2D eigenvalue weighted by Gasteiger charge is -2.04. The van der Waals surface area contributed by atoms with Gasteiger partial charge in [-0.05, 0) is 35.9 Å². The quantitative estimate of drug-likeness (QED) is 0.368. The molecule has 0 aliphatic carbocycles. The second-order valence-corrected chi connectivity index (χ2v) is 5.79. The lowest BCUT2D eigenvalue weighted by Crippen LogP contribution is -2.03. The highest BCUT2D eigenvalue weighted by Gasteiger charge is 2.20. The van der Waals surface area contributed by atoms with Gasteiger partial charge in [-0.1, -0.05) is 54.6 Å². The van der Waals surface area contributed by atoms with Gasteiger partial charge in [-0.15, -0.1) is 0 Å². The normalized spacial score (nSPS) is 11.7. The van der Waals surface area contributed by atoms with Crippen LogP contribution in [-0.4, -0.2) is 10.8 Å². The van der Waals surface area contributed by atoms with Gasteiger partial charge in [0, 0.05) is 5.56 Å². The van der Waals surface area contributed by atoms with E-state index in [1.54, 1.807) is 48.5 Å². The van der Waals surface area contributed by atoms with Crippen molar-refractivity contribution in [1.82, 2.24) is 4.98 Å². The molecule has 0 saturated carbocycles.